The van der Waals surface area contributed by atoms with Crippen molar-refractivity contribution < 1.29 is 5.11 Å². The molecule has 1 unspecified atom stereocenters. The maximum atomic E-state index is 9.10. The van der Waals surface area contributed by atoms with Crippen LogP contribution < -0.4 is 5.32 Å². The summed E-state index contributed by atoms with van der Waals surface area (Å²) < 4.78 is 0. The van der Waals surface area contributed by atoms with E-state index in [0.717, 1.165) is 17.8 Å². The summed E-state index contributed by atoms with van der Waals surface area (Å²) in [6.45, 7) is 5.47. The van der Waals surface area contributed by atoms with Crippen molar-refractivity contribution in [3.8, 4) is 0 Å². The number of para-hydroxylation sites is 1. The van der Waals surface area contributed by atoms with Crippen molar-refractivity contribution in [2.75, 3.05) is 11.9 Å². The Morgan fingerprint density at radius 2 is 2.07 bits per heavy atom. The van der Waals surface area contributed by atoms with Crippen molar-refractivity contribution in [3.63, 3.8) is 0 Å². The van der Waals surface area contributed by atoms with Gasteiger partial charge in [0, 0.05) is 17.8 Å². The second-order valence-corrected chi connectivity index (χ2v) is 3.71. The monoisotopic (exact) mass is 193 g/mol. The average Bonchev–Trinajstić information content (AvgIpc) is 2.26. The molecule has 0 heterocycles. The van der Waals surface area contributed by atoms with Crippen LogP contribution >= 0.6 is 0 Å². The number of anilines is 1. The molecule has 0 aliphatic carbocycles. The van der Waals surface area contributed by atoms with E-state index in [9.17, 15) is 0 Å². The maximum absolute atomic E-state index is 9.10. The second-order valence-electron chi connectivity index (χ2n) is 3.71. The number of rotatable bonds is 5. The first kappa shape index (κ1) is 11.1. The highest BCUT2D eigenvalue weighted by Crippen LogP contribution is 2.15. The van der Waals surface area contributed by atoms with E-state index in [1.54, 1.807) is 0 Å². The predicted octanol–water partition coefficient (Wildman–Crippen LogP) is 2.64. The van der Waals surface area contributed by atoms with Crippen LogP contribution in [0.4, 0.5) is 5.69 Å². The summed E-state index contributed by atoms with van der Waals surface area (Å²) in [6.07, 6.45) is 1.17. The molecule has 78 valence electrons. The van der Waals surface area contributed by atoms with Crippen molar-refractivity contribution in [1.82, 2.24) is 0 Å². The van der Waals surface area contributed by atoms with Gasteiger partial charge in [-0.3, -0.25) is 0 Å². The molecule has 2 heteroatoms. The number of hydrogen-bond donors (Lipinski definition) is 2. The summed E-state index contributed by atoms with van der Waals surface area (Å²) in [5.74, 6) is 0.668. The van der Waals surface area contributed by atoms with Gasteiger partial charge in [-0.2, -0.15) is 0 Å². The molecule has 0 amide bonds. The lowest BCUT2D eigenvalue weighted by molar-refractivity contribution is 0.282. The predicted molar refractivity (Wildman–Crippen MR) is 60.3 cm³/mol. The SMILES string of the molecule is CCC(C)CNc1ccccc1CO. The van der Waals surface area contributed by atoms with Crippen molar-refractivity contribution in [2.45, 2.75) is 26.9 Å². The zero-order chi connectivity index (χ0) is 10.4. The number of aliphatic hydroxyl groups excluding tert-OH is 1. The molecule has 1 atom stereocenters. The summed E-state index contributed by atoms with van der Waals surface area (Å²) in [7, 11) is 0. The molecule has 2 N–H and O–H groups in total. The first-order chi connectivity index (χ1) is 6.77. The Balaban J connectivity index is 2.57. The molecular weight excluding hydrogens is 174 g/mol. The van der Waals surface area contributed by atoms with Gasteiger partial charge in [0.15, 0.2) is 0 Å². The number of aliphatic hydroxyl groups is 1. The molecular formula is C12H19NO. The fraction of sp³-hybridized carbons (Fsp3) is 0.500. The Labute approximate surface area is 86.0 Å². The summed E-state index contributed by atoms with van der Waals surface area (Å²) in [5, 5.41) is 12.5. The van der Waals surface area contributed by atoms with Gasteiger partial charge in [0.2, 0.25) is 0 Å². The van der Waals surface area contributed by atoms with E-state index in [0.29, 0.717) is 5.92 Å². The lowest BCUT2D eigenvalue weighted by Gasteiger charge is -2.13. The Morgan fingerprint density at radius 1 is 1.36 bits per heavy atom. The zero-order valence-corrected chi connectivity index (χ0v) is 8.96. The molecule has 0 aromatic heterocycles. The van der Waals surface area contributed by atoms with Gasteiger partial charge in [0.25, 0.3) is 0 Å². The quantitative estimate of drug-likeness (QED) is 0.753. The Hall–Kier alpha value is -1.02. The van der Waals surface area contributed by atoms with Gasteiger partial charge in [-0.05, 0) is 12.0 Å². The highest BCUT2D eigenvalue weighted by Gasteiger charge is 2.01. The third-order valence-corrected chi connectivity index (χ3v) is 2.53. The molecule has 0 saturated carbocycles. The minimum atomic E-state index is 0.101. The molecule has 0 saturated heterocycles. The number of benzene rings is 1. The molecule has 0 aliphatic rings. The van der Waals surface area contributed by atoms with Crippen LogP contribution in [0.3, 0.4) is 0 Å². The van der Waals surface area contributed by atoms with Gasteiger partial charge in [0.05, 0.1) is 6.61 Å². The van der Waals surface area contributed by atoms with Gasteiger partial charge in [0.1, 0.15) is 0 Å². The Morgan fingerprint density at radius 3 is 2.71 bits per heavy atom. The van der Waals surface area contributed by atoms with Crippen LogP contribution in [-0.4, -0.2) is 11.7 Å². The molecule has 14 heavy (non-hydrogen) atoms. The van der Waals surface area contributed by atoms with Crippen LogP contribution in [0, 0.1) is 5.92 Å². The molecule has 0 aliphatic heterocycles. The van der Waals surface area contributed by atoms with Crippen LogP contribution in [0.15, 0.2) is 24.3 Å². The van der Waals surface area contributed by atoms with Gasteiger partial charge < -0.3 is 10.4 Å². The van der Waals surface area contributed by atoms with Crippen molar-refractivity contribution >= 4 is 5.69 Å². The maximum Gasteiger partial charge on any atom is 0.0701 e. The van der Waals surface area contributed by atoms with Gasteiger partial charge in [-0.1, -0.05) is 38.5 Å². The minimum Gasteiger partial charge on any atom is -0.392 e. The van der Waals surface area contributed by atoms with E-state index in [4.69, 9.17) is 5.11 Å². The van der Waals surface area contributed by atoms with Crippen LogP contribution in [-0.2, 0) is 6.61 Å². The Kier molecular flexibility index (Phi) is 4.47. The molecule has 1 rings (SSSR count). The first-order valence-electron chi connectivity index (χ1n) is 5.20. The van der Waals surface area contributed by atoms with Crippen LogP contribution in [0.1, 0.15) is 25.8 Å². The average molecular weight is 193 g/mol. The number of nitrogens with one attached hydrogen (secondary N) is 1. The van der Waals surface area contributed by atoms with E-state index in [1.807, 2.05) is 24.3 Å². The van der Waals surface area contributed by atoms with Crippen molar-refractivity contribution in [1.29, 1.82) is 0 Å². The third kappa shape index (κ3) is 3.04. The highest BCUT2D eigenvalue weighted by molar-refractivity contribution is 5.50. The van der Waals surface area contributed by atoms with Crippen LogP contribution in [0.5, 0.6) is 0 Å². The normalized spacial score (nSPS) is 12.5. The third-order valence-electron chi connectivity index (χ3n) is 2.53. The molecule has 1 aromatic rings. The fourth-order valence-electron chi connectivity index (χ4n) is 1.26. The Bertz CT molecular complexity index is 273. The summed E-state index contributed by atoms with van der Waals surface area (Å²) in [6, 6.07) is 7.88. The number of hydrogen-bond acceptors (Lipinski definition) is 2. The molecule has 0 fully saturated rings. The molecule has 2 nitrogen and oxygen atoms in total. The molecule has 0 bridgehead atoms. The zero-order valence-electron chi connectivity index (χ0n) is 8.96. The van der Waals surface area contributed by atoms with E-state index in [1.165, 1.54) is 6.42 Å². The van der Waals surface area contributed by atoms with E-state index in [-0.39, 0.29) is 6.61 Å². The highest BCUT2D eigenvalue weighted by atomic mass is 16.3. The molecule has 0 spiro atoms. The van der Waals surface area contributed by atoms with Gasteiger partial charge in [-0.15, -0.1) is 0 Å². The van der Waals surface area contributed by atoms with E-state index in [2.05, 4.69) is 19.2 Å². The van der Waals surface area contributed by atoms with Gasteiger partial charge in [-0.25, -0.2) is 0 Å². The lowest BCUT2D eigenvalue weighted by Crippen LogP contribution is -2.11. The summed E-state index contributed by atoms with van der Waals surface area (Å²) >= 11 is 0. The minimum absolute atomic E-state index is 0.101. The van der Waals surface area contributed by atoms with Crippen molar-refractivity contribution in [2.24, 2.45) is 5.92 Å². The van der Waals surface area contributed by atoms with Crippen LogP contribution in [0.2, 0.25) is 0 Å². The van der Waals surface area contributed by atoms with E-state index < -0.39 is 0 Å². The molecule has 0 radical (unpaired) electrons. The van der Waals surface area contributed by atoms with Crippen molar-refractivity contribution in [3.05, 3.63) is 29.8 Å². The standard InChI is InChI=1S/C12H19NO/c1-3-10(2)8-13-12-7-5-4-6-11(12)9-14/h4-7,10,13-14H,3,8-9H2,1-2H3. The first-order valence-corrected chi connectivity index (χ1v) is 5.20. The van der Waals surface area contributed by atoms with Crippen LogP contribution in [0.25, 0.3) is 0 Å². The topological polar surface area (TPSA) is 32.3 Å². The van der Waals surface area contributed by atoms with Gasteiger partial charge >= 0.3 is 0 Å². The summed E-state index contributed by atoms with van der Waals surface area (Å²) in [4.78, 5) is 0. The lowest BCUT2D eigenvalue weighted by atomic mass is 10.1. The smallest absolute Gasteiger partial charge is 0.0701 e. The largest absolute Gasteiger partial charge is 0.392 e. The van der Waals surface area contributed by atoms with E-state index >= 15 is 0 Å². The summed E-state index contributed by atoms with van der Waals surface area (Å²) in [5.41, 5.74) is 2.02. The molecule has 1 aromatic carbocycles. The second kappa shape index (κ2) is 5.66. The fourth-order valence-corrected chi connectivity index (χ4v) is 1.26.